The number of aromatic amines is 1. The smallest absolute Gasteiger partial charge is 0.410 e. The highest BCUT2D eigenvalue weighted by Crippen LogP contribution is 2.34. The lowest BCUT2D eigenvalue weighted by Gasteiger charge is -2.33. The van der Waals surface area contributed by atoms with E-state index in [1.165, 1.54) is 0 Å². The molecule has 3 heterocycles. The summed E-state index contributed by atoms with van der Waals surface area (Å²) in [5.41, 5.74) is 3.53. The third-order valence-corrected chi connectivity index (χ3v) is 8.05. The summed E-state index contributed by atoms with van der Waals surface area (Å²) in [5, 5.41) is 0. The number of piperidine rings is 1. The fourth-order valence-corrected chi connectivity index (χ4v) is 5.78. The Kier molecular flexibility index (Phi) is 8.09. The van der Waals surface area contributed by atoms with Crippen LogP contribution in [0.3, 0.4) is 0 Å². The second-order valence-electron chi connectivity index (χ2n) is 9.79. The molecule has 5 rings (SSSR count). The Morgan fingerprint density at radius 2 is 1.92 bits per heavy atom. The fraction of sp³-hybridized carbons (Fsp3) is 0.429. The number of ether oxygens (including phenoxy) is 3. The Morgan fingerprint density at radius 1 is 1.13 bits per heavy atom. The maximum absolute atomic E-state index is 12.8. The van der Waals surface area contributed by atoms with E-state index in [9.17, 15) is 9.59 Å². The molecule has 1 N–H and O–H groups in total. The number of fused-ring (bicyclic) bond motifs is 1. The van der Waals surface area contributed by atoms with Gasteiger partial charge in [-0.15, -0.1) is 0 Å². The summed E-state index contributed by atoms with van der Waals surface area (Å²) in [5.74, 6) is 1.69. The minimum absolute atomic E-state index is 0.157. The van der Waals surface area contributed by atoms with Crippen molar-refractivity contribution in [3.8, 4) is 11.5 Å². The van der Waals surface area contributed by atoms with Crippen LogP contribution in [0.4, 0.5) is 4.79 Å². The third kappa shape index (κ3) is 5.61. The lowest BCUT2D eigenvalue weighted by Crippen LogP contribution is -2.40. The van der Waals surface area contributed by atoms with E-state index in [-0.39, 0.29) is 17.7 Å². The van der Waals surface area contributed by atoms with Crippen molar-refractivity contribution in [3.05, 3.63) is 63.0 Å². The number of methoxy groups -OCH3 is 2. The molecule has 3 aromatic rings. The van der Waals surface area contributed by atoms with E-state index in [0.717, 1.165) is 59.2 Å². The molecule has 0 radical (unpaired) electrons. The average molecular weight is 585 g/mol. The number of nitrogens with zero attached hydrogens (tertiary/aromatic N) is 3. The number of likely N-dealkylation sites (tertiary alicyclic amines) is 1. The van der Waals surface area contributed by atoms with Crippen LogP contribution in [0.1, 0.15) is 24.8 Å². The van der Waals surface area contributed by atoms with Gasteiger partial charge in [0, 0.05) is 48.7 Å². The van der Waals surface area contributed by atoms with Crippen molar-refractivity contribution in [2.75, 3.05) is 47.0 Å². The molecule has 1 fully saturated rings. The predicted molar refractivity (Wildman–Crippen MR) is 150 cm³/mol. The van der Waals surface area contributed by atoms with Crippen molar-refractivity contribution in [3.63, 3.8) is 0 Å². The van der Waals surface area contributed by atoms with Crippen molar-refractivity contribution >= 4 is 38.8 Å². The second-order valence-corrected chi connectivity index (χ2v) is 10.6. The molecule has 0 aliphatic carbocycles. The molecule has 202 valence electrons. The van der Waals surface area contributed by atoms with Crippen LogP contribution in [0.15, 0.2) is 51.7 Å². The van der Waals surface area contributed by atoms with Gasteiger partial charge in [0.1, 0.15) is 0 Å². The van der Waals surface area contributed by atoms with Gasteiger partial charge in [0.05, 0.1) is 31.9 Å². The van der Waals surface area contributed by atoms with Gasteiger partial charge in [-0.3, -0.25) is 9.47 Å². The van der Waals surface area contributed by atoms with Crippen LogP contribution in [-0.2, 0) is 11.3 Å². The van der Waals surface area contributed by atoms with E-state index in [1.54, 1.807) is 23.7 Å². The number of carbonyl (C=O) groups excluding carboxylic acids is 1. The van der Waals surface area contributed by atoms with Crippen LogP contribution in [-0.4, -0.2) is 72.4 Å². The number of carbonyl (C=O) groups is 1. The normalized spacial score (nSPS) is 18.3. The molecule has 1 amide bonds. The number of hydrogen-bond acceptors (Lipinski definition) is 6. The van der Waals surface area contributed by atoms with Crippen molar-refractivity contribution in [2.45, 2.75) is 25.8 Å². The molecule has 1 atom stereocenters. The van der Waals surface area contributed by atoms with E-state index in [4.69, 9.17) is 14.2 Å². The maximum atomic E-state index is 12.8. The first-order chi connectivity index (χ1) is 18.5. The van der Waals surface area contributed by atoms with Crippen LogP contribution >= 0.6 is 15.9 Å². The quantitative estimate of drug-likeness (QED) is 0.433. The van der Waals surface area contributed by atoms with Gasteiger partial charge >= 0.3 is 11.8 Å². The van der Waals surface area contributed by atoms with Crippen LogP contribution in [0, 0.1) is 5.92 Å². The number of benzene rings is 2. The standard InChI is InChI=1S/C28H33BrN4O5/c1-36-25-14-20(22(29)15-26(25)37-2)17-31-11-5-6-19(16-31)18-38-28(35)32-12-9-21(10-13-32)33-24-8-4-3-7-23(24)30-27(33)34/h3-4,7-9,14-15,19H,5-6,10-13,16-18H2,1-2H3,(H,30,34). The van der Waals surface area contributed by atoms with Crippen LogP contribution in [0.2, 0.25) is 0 Å². The molecule has 0 saturated carbocycles. The van der Waals surface area contributed by atoms with Gasteiger partial charge in [-0.25, -0.2) is 9.59 Å². The first-order valence-corrected chi connectivity index (χ1v) is 13.7. The minimum Gasteiger partial charge on any atom is -0.493 e. The molecule has 1 aromatic heterocycles. The van der Waals surface area contributed by atoms with E-state index in [1.807, 2.05) is 42.5 Å². The number of hydrogen-bond donors (Lipinski definition) is 1. The van der Waals surface area contributed by atoms with Crippen molar-refractivity contribution in [1.82, 2.24) is 19.4 Å². The summed E-state index contributed by atoms with van der Waals surface area (Å²) in [6.45, 7) is 3.97. The van der Waals surface area contributed by atoms with E-state index in [0.29, 0.717) is 37.6 Å². The summed E-state index contributed by atoms with van der Waals surface area (Å²) in [6.07, 6.45) is 4.32. The highest BCUT2D eigenvalue weighted by Gasteiger charge is 2.25. The van der Waals surface area contributed by atoms with Gasteiger partial charge in [0.25, 0.3) is 0 Å². The number of amides is 1. The van der Waals surface area contributed by atoms with Gasteiger partial charge in [0.2, 0.25) is 0 Å². The Morgan fingerprint density at radius 3 is 2.68 bits per heavy atom. The summed E-state index contributed by atoms with van der Waals surface area (Å²) >= 11 is 3.66. The topological polar surface area (TPSA) is 89.0 Å². The summed E-state index contributed by atoms with van der Waals surface area (Å²) in [7, 11) is 3.27. The molecule has 0 spiro atoms. The monoisotopic (exact) mass is 584 g/mol. The van der Waals surface area contributed by atoms with Crippen molar-refractivity contribution < 1.29 is 19.0 Å². The molecular formula is C28H33BrN4O5. The zero-order chi connectivity index (χ0) is 26.6. The Hall–Kier alpha value is -3.24. The number of imidazole rings is 1. The molecule has 9 nitrogen and oxygen atoms in total. The Labute approximate surface area is 230 Å². The third-order valence-electron chi connectivity index (χ3n) is 7.31. The number of para-hydroxylation sites is 2. The number of aromatic nitrogens is 2. The Balaban J connectivity index is 1.14. The zero-order valence-electron chi connectivity index (χ0n) is 21.7. The molecule has 2 aliphatic heterocycles. The van der Waals surface area contributed by atoms with Gasteiger partial charge in [-0.05, 0) is 55.3 Å². The van der Waals surface area contributed by atoms with Gasteiger partial charge < -0.3 is 24.1 Å². The predicted octanol–water partition coefficient (Wildman–Crippen LogP) is 4.70. The number of halogens is 1. The lowest BCUT2D eigenvalue weighted by molar-refractivity contribution is 0.0654. The first kappa shape index (κ1) is 26.4. The minimum atomic E-state index is -0.300. The second kappa shape index (κ2) is 11.7. The highest BCUT2D eigenvalue weighted by molar-refractivity contribution is 9.10. The summed E-state index contributed by atoms with van der Waals surface area (Å²) in [4.78, 5) is 32.3. The van der Waals surface area contributed by atoms with Crippen LogP contribution < -0.4 is 15.2 Å². The van der Waals surface area contributed by atoms with E-state index in [2.05, 4.69) is 25.8 Å². The fourth-order valence-electron chi connectivity index (χ4n) is 5.34. The van der Waals surface area contributed by atoms with Crippen LogP contribution in [0.25, 0.3) is 16.7 Å². The van der Waals surface area contributed by atoms with Gasteiger partial charge in [-0.1, -0.05) is 28.1 Å². The number of H-pyrrole nitrogens is 1. The number of rotatable bonds is 7. The number of nitrogens with one attached hydrogen (secondary N) is 1. The SMILES string of the molecule is COc1cc(Br)c(CN2CCCC(COC(=O)N3CC=C(n4c(=O)[nH]c5ccccc54)CC3)C2)cc1OC. The summed E-state index contributed by atoms with van der Waals surface area (Å²) in [6, 6.07) is 11.6. The molecule has 10 heteroatoms. The molecule has 38 heavy (non-hydrogen) atoms. The maximum Gasteiger partial charge on any atom is 0.410 e. The molecule has 2 aliphatic rings. The lowest BCUT2D eigenvalue weighted by atomic mass is 9.98. The summed E-state index contributed by atoms with van der Waals surface area (Å²) < 4.78 is 19.3. The van der Waals surface area contributed by atoms with Crippen LogP contribution in [0.5, 0.6) is 11.5 Å². The zero-order valence-corrected chi connectivity index (χ0v) is 23.3. The van der Waals surface area contributed by atoms with Crippen molar-refractivity contribution in [1.29, 1.82) is 0 Å². The Bertz CT molecular complexity index is 1400. The molecule has 1 unspecified atom stereocenters. The molecule has 2 aromatic carbocycles. The highest BCUT2D eigenvalue weighted by atomic mass is 79.9. The first-order valence-electron chi connectivity index (χ1n) is 12.9. The molecule has 0 bridgehead atoms. The largest absolute Gasteiger partial charge is 0.493 e. The van der Waals surface area contributed by atoms with E-state index < -0.39 is 0 Å². The molecule has 1 saturated heterocycles. The van der Waals surface area contributed by atoms with E-state index >= 15 is 0 Å². The van der Waals surface area contributed by atoms with Crippen molar-refractivity contribution in [2.24, 2.45) is 5.92 Å². The molecular weight excluding hydrogens is 552 g/mol. The van der Waals surface area contributed by atoms with Gasteiger partial charge in [0.15, 0.2) is 11.5 Å². The average Bonchev–Trinajstić information content (AvgIpc) is 3.28. The van der Waals surface area contributed by atoms with Gasteiger partial charge in [-0.2, -0.15) is 0 Å².